The standard InChI is InChI=1S/C20H22F5NO3S/c1-20(2)28-11-17(29-20)18-13(10-26)9-16(19-15(18)7-8-27-19)12-3-5-14(6-4-12)30(21,22,23,24)25/h3-6,9,17H,7-8,10-11,26H2,1-2H3. The van der Waals surface area contributed by atoms with Gasteiger partial charge in [0.2, 0.25) is 0 Å². The predicted octanol–water partition coefficient (Wildman–Crippen LogP) is 6.23. The van der Waals surface area contributed by atoms with Crippen molar-refractivity contribution in [2.75, 3.05) is 13.2 Å². The van der Waals surface area contributed by atoms with Gasteiger partial charge in [0.25, 0.3) is 0 Å². The van der Waals surface area contributed by atoms with Crippen LogP contribution in [0.3, 0.4) is 0 Å². The normalized spacial score (nSPS) is 22.9. The molecule has 10 heteroatoms. The number of halogens is 5. The van der Waals surface area contributed by atoms with Crippen molar-refractivity contribution in [3.05, 3.63) is 47.0 Å². The Morgan fingerprint density at radius 1 is 1.10 bits per heavy atom. The van der Waals surface area contributed by atoms with Crippen LogP contribution in [0.2, 0.25) is 0 Å². The molecule has 0 aliphatic carbocycles. The van der Waals surface area contributed by atoms with E-state index in [1.54, 1.807) is 19.9 Å². The van der Waals surface area contributed by atoms with E-state index in [-0.39, 0.29) is 12.6 Å². The van der Waals surface area contributed by atoms with E-state index in [0.717, 1.165) is 28.8 Å². The number of fused-ring (bicyclic) bond motifs is 1. The average molecular weight is 451 g/mol. The molecule has 0 radical (unpaired) electrons. The summed E-state index contributed by atoms with van der Waals surface area (Å²) in [5.74, 6) is -0.237. The van der Waals surface area contributed by atoms with Crippen LogP contribution in [0.4, 0.5) is 19.4 Å². The van der Waals surface area contributed by atoms with Crippen LogP contribution < -0.4 is 10.5 Å². The summed E-state index contributed by atoms with van der Waals surface area (Å²) in [4.78, 5) is -1.93. The molecule has 0 bridgehead atoms. The van der Waals surface area contributed by atoms with Crippen LogP contribution in [0.25, 0.3) is 11.1 Å². The number of nitrogens with two attached hydrogens (primary N) is 1. The average Bonchev–Trinajstić information content (AvgIpc) is 3.25. The van der Waals surface area contributed by atoms with E-state index < -0.39 is 20.9 Å². The number of hydrogen-bond acceptors (Lipinski definition) is 4. The van der Waals surface area contributed by atoms with E-state index in [9.17, 15) is 19.4 Å². The van der Waals surface area contributed by atoms with Gasteiger partial charge >= 0.3 is 10.2 Å². The molecule has 4 rings (SSSR count). The minimum absolute atomic E-state index is 0.166. The van der Waals surface area contributed by atoms with Gasteiger partial charge in [-0.3, -0.25) is 0 Å². The van der Waals surface area contributed by atoms with E-state index >= 15 is 0 Å². The van der Waals surface area contributed by atoms with Crippen molar-refractivity contribution in [3.63, 3.8) is 0 Å². The smallest absolute Gasteiger partial charge is 0.310 e. The molecule has 0 aromatic heterocycles. The van der Waals surface area contributed by atoms with Crippen LogP contribution in [-0.2, 0) is 22.4 Å². The summed E-state index contributed by atoms with van der Waals surface area (Å²) in [6.45, 7) is 4.51. The SMILES string of the molecule is CC1(C)OCC(c2c(CN)cc(-c3ccc(S(F)(F)(F)(F)F)cc3)c3c2CCO3)O1. The summed E-state index contributed by atoms with van der Waals surface area (Å²) < 4.78 is 82.6. The second-order valence-electron chi connectivity index (χ2n) is 7.92. The molecule has 166 valence electrons. The Hall–Kier alpha value is -1.88. The van der Waals surface area contributed by atoms with Crippen molar-refractivity contribution < 1.29 is 33.6 Å². The van der Waals surface area contributed by atoms with E-state index in [2.05, 4.69) is 0 Å². The summed E-state index contributed by atoms with van der Waals surface area (Å²) >= 11 is 0. The molecular formula is C20H22F5NO3S. The molecule has 30 heavy (non-hydrogen) atoms. The highest BCUT2D eigenvalue weighted by molar-refractivity contribution is 8.45. The van der Waals surface area contributed by atoms with Crippen molar-refractivity contribution in [1.82, 2.24) is 0 Å². The Labute approximate surface area is 170 Å². The van der Waals surface area contributed by atoms with Crippen LogP contribution in [0.15, 0.2) is 35.2 Å². The lowest BCUT2D eigenvalue weighted by Gasteiger charge is -2.40. The van der Waals surface area contributed by atoms with Crippen LogP contribution in [0, 0.1) is 0 Å². The van der Waals surface area contributed by atoms with Crippen LogP contribution in [-0.4, -0.2) is 19.0 Å². The largest absolute Gasteiger partial charge is 0.492 e. The first-order valence-electron chi connectivity index (χ1n) is 9.36. The van der Waals surface area contributed by atoms with Gasteiger partial charge < -0.3 is 19.9 Å². The molecule has 1 unspecified atom stereocenters. The van der Waals surface area contributed by atoms with Gasteiger partial charge in [-0.25, -0.2) is 0 Å². The highest BCUT2D eigenvalue weighted by Gasteiger charge is 2.65. The highest BCUT2D eigenvalue weighted by Crippen LogP contribution is 3.02. The quantitative estimate of drug-likeness (QED) is 0.560. The molecule has 2 aliphatic heterocycles. The van der Waals surface area contributed by atoms with Crippen LogP contribution in [0.5, 0.6) is 5.75 Å². The third-order valence-electron chi connectivity index (χ3n) is 5.27. The molecule has 2 N–H and O–H groups in total. The van der Waals surface area contributed by atoms with Crippen molar-refractivity contribution in [3.8, 4) is 16.9 Å². The maximum Gasteiger partial charge on any atom is 0.310 e. The Kier molecular flexibility index (Phi) is 4.34. The summed E-state index contributed by atoms with van der Waals surface area (Å²) in [6.07, 6.45) is 0.230. The molecule has 4 nitrogen and oxygen atoms in total. The Morgan fingerprint density at radius 2 is 1.77 bits per heavy atom. The topological polar surface area (TPSA) is 53.7 Å². The molecule has 2 aromatic rings. The zero-order valence-electron chi connectivity index (χ0n) is 16.4. The number of ether oxygens (including phenoxy) is 3. The number of hydrogen-bond donors (Lipinski definition) is 1. The molecule has 0 saturated carbocycles. The first-order valence-corrected chi connectivity index (χ1v) is 11.3. The van der Waals surface area contributed by atoms with E-state index in [1.165, 1.54) is 0 Å². The third-order valence-corrected chi connectivity index (χ3v) is 6.43. The van der Waals surface area contributed by atoms with Crippen LogP contribution in [0.1, 0.15) is 36.6 Å². The maximum absolute atomic E-state index is 13.0. The summed E-state index contributed by atoms with van der Waals surface area (Å²) in [6, 6.07) is 4.60. The zero-order valence-corrected chi connectivity index (χ0v) is 17.2. The first kappa shape index (κ1) is 21.4. The second-order valence-corrected chi connectivity index (χ2v) is 10.3. The fourth-order valence-electron chi connectivity index (χ4n) is 3.97. The summed E-state index contributed by atoms with van der Waals surface area (Å²) in [5, 5.41) is 0. The van der Waals surface area contributed by atoms with Crippen LogP contribution >= 0.6 is 10.2 Å². The predicted molar refractivity (Wildman–Crippen MR) is 104 cm³/mol. The van der Waals surface area contributed by atoms with Gasteiger partial charge in [-0.1, -0.05) is 31.6 Å². The van der Waals surface area contributed by atoms with Gasteiger partial charge in [0, 0.05) is 24.1 Å². The molecule has 0 spiro atoms. The number of rotatable bonds is 4. The summed E-state index contributed by atoms with van der Waals surface area (Å²) in [7, 11) is -9.73. The second kappa shape index (κ2) is 6.09. The van der Waals surface area contributed by atoms with Gasteiger partial charge in [0.1, 0.15) is 16.7 Å². The van der Waals surface area contributed by atoms with E-state index in [0.29, 0.717) is 48.6 Å². The Bertz CT molecular complexity index is 1010. The van der Waals surface area contributed by atoms with E-state index in [4.69, 9.17) is 19.9 Å². The van der Waals surface area contributed by atoms with Crippen molar-refractivity contribution in [2.45, 2.75) is 43.6 Å². The fourth-order valence-corrected chi connectivity index (χ4v) is 4.62. The highest BCUT2D eigenvalue weighted by atomic mass is 32.5. The monoisotopic (exact) mass is 451 g/mol. The third kappa shape index (κ3) is 3.89. The molecule has 2 aromatic carbocycles. The van der Waals surface area contributed by atoms with Gasteiger partial charge in [-0.05, 0) is 48.7 Å². The maximum atomic E-state index is 13.0. The fraction of sp³-hybridized carbons (Fsp3) is 0.400. The zero-order chi connectivity index (χ0) is 22.0. The first-order chi connectivity index (χ1) is 13.7. The van der Waals surface area contributed by atoms with Crippen molar-refractivity contribution in [1.29, 1.82) is 0 Å². The van der Waals surface area contributed by atoms with Crippen molar-refractivity contribution in [2.24, 2.45) is 5.73 Å². The molecule has 1 atom stereocenters. The lowest BCUT2D eigenvalue weighted by atomic mass is 9.90. The summed E-state index contributed by atoms with van der Waals surface area (Å²) in [5.41, 5.74) is 9.28. The van der Waals surface area contributed by atoms with E-state index in [1.807, 2.05) is 0 Å². The molecule has 1 saturated heterocycles. The number of benzene rings is 2. The molecule has 2 heterocycles. The molecule has 1 fully saturated rings. The minimum Gasteiger partial charge on any atom is -0.492 e. The minimum atomic E-state index is -9.73. The Balaban J connectivity index is 1.81. The lowest BCUT2D eigenvalue weighted by molar-refractivity contribution is -0.139. The van der Waals surface area contributed by atoms with Gasteiger partial charge in [-0.15, -0.1) is 0 Å². The molecule has 2 aliphatic rings. The Morgan fingerprint density at radius 3 is 2.30 bits per heavy atom. The molecular weight excluding hydrogens is 429 g/mol. The molecule has 0 amide bonds. The van der Waals surface area contributed by atoms with Gasteiger partial charge in [0.15, 0.2) is 5.79 Å². The lowest BCUT2D eigenvalue weighted by Crippen LogP contribution is -2.20. The van der Waals surface area contributed by atoms with Gasteiger partial charge in [0.05, 0.1) is 13.2 Å². The van der Waals surface area contributed by atoms with Gasteiger partial charge in [-0.2, -0.15) is 0 Å². The van der Waals surface area contributed by atoms with Crippen molar-refractivity contribution >= 4 is 10.2 Å².